The van der Waals surface area contributed by atoms with E-state index in [9.17, 15) is 0 Å². The maximum absolute atomic E-state index is 6.87. The lowest BCUT2D eigenvalue weighted by Gasteiger charge is -2.25. The fourth-order valence-electron chi connectivity index (χ4n) is 7.36. The topological polar surface area (TPSA) is 55.1 Å². The number of fused-ring (bicyclic) bond motifs is 5. The van der Waals surface area contributed by atoms with E-state index in [-0.39, 0.29) is 0 Å². The minimum Gasteiger partial charge on any atom is -0.455 e. The third-order valence-electron chi connectivity index (χ3n) is 9.91. The van der Waals surface area contributed by atoms with Gasteiger partial charge in [0.05, 0.1) is 5.56 Å². The first kappa shape index (κ1) is 31.4. The highest BCUT2D eigenvalue weighted by Crippen LogP contribution is 2.43. The van der Waals surface area contributed by atoms with Crippen molar-refractivity contribution >= 4 is 49.8 Å². The van der Waals surface area contributed by atoms with Gasteiger partial charge in [-0.15, -0.1) is 0 Å². The molecule has 5 nitrogen and oxygen atoms in total. The summed E-state index contributed by atoms with van der Waals surface area (Å²) < 4.78 is 6.87. The highest BCUT2D eigenvalue weighted by atomic mass is 16.3. The van der Waals surface area contributed by atoms with E-state index in [4.69, 9.17) is 19.4 Å². The minimum atomic E-state index is 0.564. The molecule has 0 fully saturated rings. The second-order valence-electron chi connectivity index (χ2n) is 13.2. The van der Waals surface area contributed by atoms with Crippen LogP contribution in [0.25, 0.3) is 78.0 Å². The summed E-state index contributed by atoms with van der Waals surface area (Å²) in [5.41, 5.74) is 9.81. The average molecular weight is 693 g/mol. The summed E-state index contributed by atoms with van der Waals surface area (Å²) in [5.74, 6) is 1.79. The van der Waals surface area contributed by atoms with Crippen LogP contribution < -0.4 is 4.90 Å². The minimum absolute atomic E-state index is 0.564. The highest BCUT2D eigenvalue weighted by Gasteiger charge is 2.20. The molecule has 0 N–H and O–H groups in total. The molecule has 0 bridgehead atoms. The van der Waals surface area contributed by atoms with E-state index in [0.717, 1.165) is 77.6 Å². The Morgan fingerprint density at radius 1 is 0.315 bits per heavy atom. The van der Waals surface area contributed by atoms with Gasteiger partial charge in [0.2, 0.25) is 0 Å². The van der Waals surface area contributed by atoms with Gasteiger partial charge in [0.15, 0.2) is 17.5 Å². The van der Waals surface area contributed by atoms with Crippen molar-refractivity contribution < 1.29 is 4.42 Å². The van der Waals surface area contributed by atoms with E-state index >= 15 is 0 Å². The van der Waals surface area contributed by atoms with Crippen LogP contribution in [0.4, 0.5) is 17.1 Å². The van der Waals surface area contributed by atoms with Crippen molar-refractivity contribution in [2.75, 3.05) is 4.90 Å². The van der Waals surface area contributed by atoms with Crippen molar-refractivity contribution in [3.05, 3.63) is 194 Å². The fourth-order valence-corrected chi connectivity index (χ4v) is 7.36. The summed E-state index contributed by atoms with van der Waals surface area (Å²) in [7, 11) is 0. The number of hydrogen-bond acceptors (Lipinski definition) is 5. The summed E-state index contributed by atoms with van der Waals surface area (Å²) in [6.45, 7) is 0. The number of para-hydroxylation sites is 3. The third kappa shape index (κ3) is 5.56. The maximum atomic E-state index is 6.87. The SMILES string of the molecule is c1ccc(-c2nc(-c3ccccc3)nc(-c3cccc4c3oc3c5ccccc5c(-c5ccc(N(c6ccccc6)c6ccccc6)cc5)cc43)n2)cc1. The molecular weight excluding hydrogens is 661 g/mol. The average Bonchev–Trinajstić information content (AvgIpc) is 3.64. The molecule has 54 heavy (non-hydrogen) atoms. The van der Waals surface area contributed by atoms with E-state index in [2.05, 4.69) is 120 Å². The van der Waals surface area contributed by atoms with Crippen LogP contribution in [0.15, 0.2) is 199 Å². The van der Waals surface area contributed by atoms with Gasteiger partial charge in [-0.2, -0.15) is 0 Å². The molecule has 0 spiro atoms. The van der Waals surface area contributed by atoms with E-state index in [1.165, 1.54) is 0 Å². The Balaban J connectivity index is 1.13. The van der Waals surface area contributed by atoms with Crippen molar-refractivity contribution in [2.45, 2.75) is 0 Å². The molecule has 0 aliphatic rings. The van der Waals surface area contributed by atoms with Crippen LogP contribution in [0.3, 0.4) is 0 Å². The Hall–Kier alpha value is -7.37. The number of hydrogen-bond donors (Lipinski definition) is 0. The zero-order valence-corrected chi connectivity index (χ0v) is 29.2. The number of anilines is 3. The molecule has 8 aromatic carbocycles. The quantitative estimate of drug-likeness (QED) is 0.166. The standard InChI is InChI=1S/C49H32N4O/c1-5-16-34(17-6-1)47-50-48(35-18-7-2-8-19-35)52-49(51-47)42-27-15-26-41-44-32-43(39-24-13-14-25-40(39)46(44)54-45(41)42)33-28-30-38(31-29-33)53(36-20-9-3-10-21-36)37-22-11-4-12-23-37/h1-32H. The lowest BCUT2D eigenvalue weighted by molar-refractivity contribution is 0.673. The molecule has 5 heteroatoms. The molecule has 0 atom stereocenters. The van der Waals surface area contributed by atoms with Crippen LogP contribution in [-0.2, 0) is 0 Å². The van der Waals surface area contributed by atoms with Crippen LogP contribution in [0, 0.1) is 0 Å². The Morgan fingerprint density at radius 2 is 0.778 bits per heavy atom. The fraction of sp³-hybridized carbons (Fsp3) is 0. The van der Waals surface area contributed by atoms with Gasteiger partial charge in [-0.05, 0) is 65.0 Å². The van der Waals surface area contributed by atoms with E-state index in [0.29, 0.717) is 17.5 Å². The molecule has 0 aliphatic carbocycles. The first-order valence-corrected chi connectivity index (χ1v) is 18.0. The van der Waals surface area contributed by atoms with Crippen LogP contribution in [0.1, 0.15) is 0 Å². The third-order valence-corrected chi connectivity index (χ3v) is 9.91. The van der Waals surface area contributed by atoms with Gasteiger partial charge >= 0.3 is 0 Å². The van der Waals surface area contributed by atoms with E-state index in [1.807, 2.05) is 78.9 Å². The zero-order valence-electron chi connectivity index (χ0n) is 29.2. The van der Waals surface area contributed by atoms with E-state index < -0.39 is 0 Å². The predicted molar refractivity (Wildman–Crippen MR) is 221 cm³/mol. The Labute approximate surface area is 312 Å². The van der Waals surface area contributed by atoms with Crippen LogP contribution in [-0.4, -0.2) is 15.0 Å². The predicted octanol–water partition coefficient (Wildman–Crippen LogP) is 13.1. The lowest BCUT2D eigenvalue weighted by atomic mass is 9.95. The van der Waals surface area contributed by atoms with Crippen LogP contribution in [0.5, 0.6) is 0 Å². The molecule has 10 aromatic rings. The maximum Gasteiger partial charge on any atom is 0.167 e. The van der Waals surface area contributed by atoms with Crippen molar-refractivity contribution in [1.82, 2.24) is 15.0 Å². The zero-order chi connectivity index (χ0) is 35.8. The monoisotopic (exact) mass is 692 g/mol. The molecule has 2 aromatic heterocycles. The Bertz CT molecular complexity index is 2810. The van der Waals surface area contributed by atoms with Crippen molar-refractivity contribution in [3.63, 3.8) is 0 Å². The molecule has 2 heterocycles. The van der Waals surface area contributed by atoms with Crippen LogP contribution >= 0.6 is 0 Å². The second-order valence-corrected chi connectivity index (χ2v) is 13.2. The van der Waals surface area contributed by atoms with E-state index in [1.54, 1.807) is 0 Å². The highest BCUT2D eigenvalue weighted by molar-refractivity contribution is 6.20. The van der Waals surface area contributed by atoms with Crippen LogP contribution in [0.2, 0.25) is 0 Å². The molecule has 0 amide bonds. The van der Waals surface area contributed by atoms with Gasteiger partial charge in [0.25, 0.3) is 0 Å². The van der Waals surface area contributed by atoms with Gasteiger partial charge < -0.3 is 9.32 Å². The van der Waals surface area contributed by atoms with Gasteiger partial charge in [-0.1, -0.05) is 146 Å². The smallest absolute Gasteiger partial charge is 0.167 e. The normalized spacial score (nSPS) is 11.3. The Morgan fingerprint density at radius 3 is 1.37 bits per heavy atom. The number of benzene rings is 8. The number of aromatic nitrogens is 3. The first-order chi connectivity index (χ1) is 26.8. The van der Waals surface area contributed by atoms with Crippen molar-refractivity contribution in [1.29, 1.82) is 0 Å². The summed E-state index contributed by atoms with van der Waals surface area (Å²) in [4.78, 5) is 17.2. The van der Waals surface area contributed by atoms with Gasteiger partial charge in [0, 0.05) is 44.3 Å². The summed E-state index contributed by atoms with van der Waals surface area (Å²) in [5, 5.41) is 4.23. The second kappa shape index (κ2) is 13.3. The molecule has 0 saturated heterocycles. The van der Waals surface area contributed by atoms with Crippen molar-refractivity contribution in [3.8, 4) is 45.3 Å². The lowest BCUT2D eigenvalue weighted by Crippen LogP contribution is -2.09. The van der Waals surface area contributed by atoms with Crippen molar-refractivity contribution in [2.24, 2.45) is 0 Å². The molecule has 0 saturated carbocycles. The van der Waals surface area contributed by atoms with Gasteiger partial charge in [0.1, 0.15) is 11.2 Å². The van der Waals surface area contributed by atoms with Gasteiger partial charge in [-0.25, -0.2) is 15.0 Å². The molecule has 10 rings (SSSR count). The van der Waals surface area contributed by atoms with Gasteiger partial charge in [-0.3, -0.25) is 0 Å². The summed E-state index contributed by atoms with van der Waals surface area (Å²) in [6, 6.07) is 66.9. The first-order valence-electron chi connectivity index (χ1n) is 18.0. The number of rotatable bonds is 7. The number of nitrogens with zero attached hydrogens (tertiary/aromatic N) is 4. The largest absolute Gasteiger partial charge is 0.455 e. The summed E-state index contributed by atoms with van der Waals surface area (Å²) in [6.07, 6.45) is 0. The summed E-state index contributed by atoms with van der Waals surface area (Å²) >= 11 is 0. The Kier molecular flexibility index (Phi) is 7.73. The number of furan rings is 1. The molecule has 0 radical (unpaired) electrons. The molecular formula is C49H32N4O. The molecule has 0 aliphatic heterocycles. The molecule has 254 valence electrons. The molecule has 0 unspecified atom stereocenters.